The molecule has 0 radical (unpaired) electrons. The minimum absolute atomic E-state index is 0.660. The summed E-state index contributed by atoms with van der Waals surface area (Å²) >= 11 is 1.93. The van der Waals surface area contributed by atoms with E-state index < -0.39 is 0 Å². The van der Waals surface area contributed by atoms with E-state index in [0.717, 1.165) is 19.8 Å². The van der Waals surface area contributed by atoms with E-state index in [0.29, 0.717) is 5.25 Å². The lowest BCUT2D eigenvalue weighted by Gasteiger charge is -2.26. The topological polar surface area (TPSA) is 21.3 Å². The van der Waals surface area contributed by atoms with Crippen LogP contribution in [0.25, 0.3) is 0 Å². The number of hydrogen-bond donors (Lipinski definition) is 1. The maximum atomic E-state index is 5.17. The van der Waals surface area contributed by atoms with Crippen LogP contribution >= 0.6 is 11.8 Å². The third-order valence-electron chi connectivity index (χ3n) is 2.24. The van der Waals surface area contributed by atoms with E-state index in [1.54, 1.807) is 0 Å². The molecule has 3 heteroatoms. The van der Waals surface area contributed by atoms with Gasteiger partial charge in [-0.15, -0.1) is 11.8 Å². The summed E-state index contributed by atoms with van der Waals surface area (Å²) in [5.41, 5.74) is 1.38. The monoisotopic (exact) mass is 209 g/mol. The van der Waals surface area contributed by atoms with Crippen LogP contribution in [-0.4, -0.2) is 25.5 Å². The average Bonchev–Trinajstić information content (AvgIpc) is 2.14. The van der Waals surface area contributed by atoms with E-state index >= 15 is 0 Å². The number of thioether (sulfide) groups is 1. The molecule has 1 aromatic carbocycles. The summed E-state index contributed by atoms with van der Waals surface area (Å²) in [7, 11) is 1.98. The standard InChI is InChI=1S/C11H15NOS/c1-12-6-9-4-2-3-5-11(9)14-10-7-13-8-10/h2-5,10,12H,6-8H2,1H3. The Morgan fingerprint density at radius 2 is 2.21 bits per heavy atom. The van der Waals surface area contributed by atoms with Crippen molar-refractivity contribution in [2.75, 3.05) is 20.3 Å². The first kappa shape index (κ1) is 10.0. The van der Waals surface area contributed by atoms with Gasteiger partial charge in [-0.25, -0.2) is 0 Å². The minimum atomic E-state index is 0.660. The number of nitrogens with one attached hydrogen (secondary N) is 1. The molecule has 1 aliphatic rings. The van der Waals surface area contributed by atoms with E-state index in [2.05, 4.69) is 29.6 Å². The lowest BCUT2D eigenvalue weighted by molar-refractivity contribution is 0.0455. The van der Waals surface area contributed by atoms with Crippen LogP contribution in [0.5, 0.6) is 0 Å². The molecule has 76 valence electrons. The normalized spacial score (nSPS) is 16.6. The van der Waals surface area contributed by atoms with Gasteiger partial charge in [-0.05, 0) is 18.7 Å². The van der Waals surface area contributed by atoms with Crippen LogP contribution in [0.4, 0.5) is 0 Å². The third-order valence-corrected chi connectivity index (χ3v) is 3.50. The second-order valence-corrected chi connectivity index (χ2v) is 4.76. The first-order chi connectivity index (χ1) is 6.90. The molecule has 0 bridgehead atoms. The predicted molar refractivity (Wildman–Crippen MR) is 59.7 cm³/mol. The number of rotatable bonds is 4. The molecule has 1 heterocycles. The molecule has 1 aromatic rings. The van der Waals surface area contributed by atoms with Gasteiger partial charge in [0.15, 0.2) is 0 Å². The second kappa shape index (κ2) is 4.82. The van der Waals surface area contributed by atoms with Crippen molar-refractivity contribution in [1.82, 2.24) is 5.32 Å². The number of ether oxygens (including phenoxy) is 1. The predicted octanol–water partition coefficient (Wildman–Crippen LogP) is 1.90. The summed E-state index contributed by atoms with van der Waals surface area (Å²) in [6.45, 7) is 2.74. The van der Waals surface area contributed by atoms with E-state index in [9.17, 15) is 0 Å². The smallest absolute Gasteiger partial charge is 0.0611 e. The molecule has 0 aromatic heterocycles. The fourth-order valence-corrected chi connectivity index (χ4v) is 2.55. The van der Waals surface area contributed by atoms with Crippen molar-refractivity contribution in [3.8, 4) is 0 Å². The van der Waals surface area contributed by atoms with Gasteiger partial charge in [0.05, 0.1) is 18.5 Å². The molecule has 0 spiro atoms. The Hall–Kier alpha value is -0.510. The molecule has 1 fully saturated rings. The highest BCUT2D eigenvalue weighted by atomic mass is 32.2. The number of hydrogen-bond acceptors (Lipinski definition) is 3. The van der Waals surface area contributed by atoms with Gasteiger partial charge in [-0.1, -0.05) is 18.2 Å². The van der Waals surface area contributed by atoms with Crippen LogP contribution < -0.4 is 5.32 Å². The van der Waals surface area contributed by atoms with Crippen LogP contribution in [0.2, 0.25) is 0 Å². The zero-order valence-electron chi connectivity index (χ0n) is 8.32. The van der Waals surface area contributed by atoms with Crippen molar-refractivity contribution in [2.45, 2.75) is 16.7 Å². The molecule has 0 saturated carbocycles. The van der Waals surface area contributed by atoms with Gasteiger partial charge in [0.2, 0.25) is 0 Å². The van der Waals surface area contributed by atoms with Crippen molar-refractivity contribution in [3.63, 3.8) is 0 Å². The zero-order chi connectivity index (χ0) is 9.80. The van der Waals surface area contributed by atoms with Gasteiger partial charge >= 0.3 is 0 Å². The highest BCUT2D eigenvalue weighted by Crippen LogP contribution is 2.30. The first-order valence-corrected chi connectivity index (χ1v) is 5.75. The fraction of sp³-hybridized carbons (Fsp3) is 0.455. The van der Waals surface area contributed by atoms with Crippen molar-refractivity contribution in [3.05, 3.63) is 29.8 Å². The van der Waals surface area contributed by atoms with Crippen LogP contribution in [0, 0.1) is 0 Å². The molecule has 0 unspecified atom stereocenters. The third kappa shape index (κ3) is 2.29. The first-order valence-electron chi connectivity index (χ1n) is 4.87. The van der Waals surface area contributed by atoms with Crippen LogP contribution in [0.15, 0.2) is 29.2 Å². The van der Waals surface area contributed by atoms with Crippen LogP contribution in [0.3, 0.4) is 0 Å². The molecule has 1 aliphatic heterocycles. The molecule has 0 atom stereocenters. The summed E-state index contributed by atoms with van der Waals surface area (Å²) in [4.78, 5) is 1.38. The molecular weight excluding hydrogens is 194 g/mol. The maximum absolute atomic E-state index is 5.17. The molecular formula is C11H15NOS. The lowest BCUT2D eigenvalue weighted by atomic mass is 10.2. The maximum Gasteiger partial charge on any atom is 0.0611 e. The van der Waals surface area contributed by atoms with E-state index in [-0.39, 0.29) is 0 Å². The van der Waals surface area contributed by atoms with Crippen molar-refractivity contribution in [2.24, 2.45) is 0 Å². The summed E-state index contributed by atoms with van der Waals surface area (Å²) in [6.07, 6.45) is 0. The molecule has 0 amide bonds. The van der Waals surface area contributed by atoms with Crippen LogP contribution in [0.1, 0.15) is 5.56 Å². The van der Waals surface area contributed by atoms with Gasteiger partial charge in [0.1, 0.15) is 0 Å². The number of benzene rings is 1. The van der Waals surface area contributed by atoms with E-state index in [1.165, 1.54) is 10.5 Å². The largest absolute Gasteiger partial charge is 0.379 e. The Morgan fingerprint density at radius 3 is 2.86 bits per heavy atom. The van der Waals surface area contributed by atoms with Gasteiger partial charge in [0, 0.05) is 11.4 Å². The molecule has 14 heavy (non-hydrogen) atoms. The Kier molecular flexibility index (Phi) is 3.45. The quantitative estimate of drug-likeness (QED) is 0.818. The van der Waals surface area contributed by atoms with Crippen molar-refractivity contribution in [1.29, 1.82) is 0 Å². The molecule has 2 rings (SSSR count). The zero-order valence-corrected chi connectivity index (χ0v) is 9.14. The van der Waals surface area contributed by atoms with Gasteiger partial charge < -0.3 is 10.1 Å². The minimum Gasteiger partial charge on any atom is -0.379 e. The van der Waals surface area contributed by atoms with E-state index in [1.807, 2.05) is 18.8 Å². The average molecular weight is 209 g/mol. The van der Waals surface area contributed by atoms with Crippen molar-refractivity contribution < 1.29 is 4.74 Å². The Labute approximate surface area is 89.0 Å². The molecule has 1 saturated heterocycles. The molecule has 0 aliphatic carbocycles. The fourth-order valence-electron chi connectivity index (χ4n) is 1.42. The highest BCUT2D eigenvalue weighted by molar-refractivity contribution is 8.00. The summed E-state index contributed by atoms with van der Waals surface area (Å²) < 4.78 is 5.17. The SMILES string of the molecule is CNCc1ccccc1SC1COC1. The second-order valence-electron chi connectivity index (χ2n) is 3.42. The molecule has 1 N–H and O–H groups in total. The summed E-state index contributed by atoms with van der Waals surface area (Å²) in [5.74, 6) is 0. The Morgan fingerprint density at radius 1 is 1.43 bits per heavy atom. The van der Waals surface area contributed by atoms with Gasteiger partial charge in [-0.2, -0.15) is 0 Å². The van der Waals surface area contributed by atoms with Crippen molar-refractivity contribution >= 4 is 11.8 Å². The van der Waals surface area contributed by atoms with E-state index in [4.69, 9.17) is 4.74 Å². The Bertz CT molecular complexity index is 299. The molecule has 2 nitrogen and oxygen atoms in total. The highest BCUT2D eigenvalue weighted by Gasteiger charge is 2.20. The van der Waals surface area contributed by atoms with Gasteiger partial charge in [-0.3, -0.25) is 0 Å². The van der Waals surface area contributed by atoms with Gasteiger partial charge in [0.25, 0.3) is 0 Å². The lowest BCUT2D eigenvalue weighted by Crippen LogP contribution is -2.30. The Balaban J connectivity index is 2.05. The summed E-state index contributed by atoms with van der Waals surface area (Å²) in [6, 6.07) is 8.56. The summed E-state index contributed by atoms with van der Waals surface area (Å²) in [5, 5.41) is 3.85. The van der Waals surface area contributed by atoms with Crippen LogP contribution in [-0.2, 0) is 11.3 Å².